The lowest BCUT2D eigenvalue weighted by Gasteiger charge is -2.01. The number of ketones is 1. The van der Waals surface area contributed by atoms with E-state index in [0.29, 0.717) is 17.1 Å². The number of hydrogen-bond acceptors (Lipinski definition) is 3. The molecule has 3 nitrogen and oxygen atoms in total. The minimum absolute atomic E-state index is 0.0666. The zero-order chi connectivity index (χ0) is 14.8. The summed E-state index contributed by atoms with van der Waals surface area (Å²) < 4.78 is 10.9. The van der Waals surface area contributed by atoms with E-state index >= 15 is 0 Å². The Morgan fingerprint density at radius 2 is 2.05 bits per heavy atom. The Hall–Kier alpha value is -2.55. The highest BCUT2D eigenvalue weighted by molar-refractivity contribution is 6.14. The first-order valence-corrected chi connectivity index (χ1v) is 6.92. The number of methoxy groups -OCH3 is 1. The molecule has 2 aromatic rings. The molecule has 0 aliphatic carbocycles. The standard InChI is InChI=1S/C18H16O3/c1-3-12-7-8-16-15(10-12)18(19)17(21-16)11-13-5-4-6-14(9-13)20-2/h4-11H,3H2,1-2H3/b17-11+. The number of benzene rings is 2. The van der Waals surface area contributed by atoms with E-state index < -0.39 is 0 Å². The average Bonchev–Trinajstić information content (AvgIpc) is 2.83. The fraction of sp³-hybridized carbons (Fsp3) is 0.167. The number of Topliss-reactive ketones (excluding diaryl/α,β-unsaturated/α-hetero) is 1. The van der Waals surface area contributed by atoms with Crippen molar-refractivity contribution in [2.75, 3.05) is 7.11 Å². The second-order valence-corrected chi connectivity index (χ2v) is 4.90. The van der Waals surface area contributed by atoms with Gasteiger partial charge in [-0.1, -0.05) is 25.1 Å². The first-order chi connectivity index (χ1) is 10.2. The van der Waals surface area contributed by atoms with Crippen LogP contribution in [0.4, 0.5) is 0 Å². The topological polar surface area (TPSA) is 35.5 Å². The Labute approximate surface area is 123 Å². The molecule has 1 heterocycles. The van der Waals surface area contributed by atoms with E-state index in [2.05, 4.69) is 6.92 Å². The molecule has 106 valence electrons. The quantitative estimate of drug-likeness (QED) is 0.800. The van der Waals surface area contributed by atoms with Gasteiger partial charge in [0.2, 0.25) is 5.78 Å². The van der Waals surface area contributed by atoms with E-state index in [9.17, 15) is 4.79 Å². The van der Waals surface area contributed by atoms with Crippen molar-refractivity contribution in [1.29, 1.82) is 0 Å². The highest BCUT2D eigenvalue weighted by atomic mass is 16.5. The molecular formula is C18H16O3. The van der Waals surface area contributed by atoms with E-state index in [0.717, 1.165) is 23.3 Å². The maximum absolute atomic E-state index is 12.4. The Morgan fingerprint density at radius 3 is 2.81 bits per heavy atom. The summed E-state index contributed by atoms with van der Waals surface area (Å²) in [6.45, 7) is 2.06. The molecule has 0 N–H and O–H groups in total. The molecule has 0 aromatic heterocycles. The summed E-state index contributed by atoms with van der Waals surface area (Å²) in [5.41, 5.74) is 2.65. The van der Waals surface area contributed by atoms with Gasteiger partial charge in [0.15, 0.2) is 5.76 Å². The Balaban J connectivity index is 1.95. The Morgan fingerprint density at radius 1 is 1.19 bits per heavy atom. The normalized spacial score (nSPS) is 15.0. The molecule has 0 bridgehead atoms. The summed E-state index contributed by atoms with van der Waals surface area (Å²) in [5, 5.41) is 0. The summed E-state index contributed by atoms with van der Waals surface area (Å²) >= 11 is 0. The van der Waals surface area contributed by atoms with E-state index in [1.165, 1.54) is 0 Å². The third kappa shape index (κ3) is 2.55. The van der Waals surface area contributed by atoms with Gasteiger partial charge >= 0.3 is 0 Å². The van der Waals surface area contributed by atoms with E-state index in [1.807, 2.05) is 42.5 Å². The van der Waals surface area contributed by atoms with Gasteiger partial charge < -0.3 is 9.47 Å². The summed E-state index contributed by atoms with van der Waals surface area (Å²) in [4.78, 5) is 12.4. The van der Waals surface area contributed by atoms with Crippen LogP contribution in [-0.4, -0.2) is 12.9 Å². The van der Waals surface area contributed by atoms with Crippen LogP contribution in [0.3, 0.4) is 0 Å². The molecule has 0 amide bonds. The molecule has 1 aliphatic rings. The zero-order valence-electron chi connectivity index (χ0n) is 12.1. The van der Waals surface area contributed by atoms with Gasteiger partial charge in [-0.15, -0.1) is 0 Å². The van der Waals surface area contributed by atoms with Gasteiger partial charge in [-0.25, -0.2) is 0 Å². The molecule has 0 saturated heterocycles. The highest BCUT2D eigenvalue weighted by Gasteiger charge is 2.27. The van der Waals surface area contributed by atoms with Crippen LogP contribution < -0.4 is 9.47 Å². The third-order valence-electron chi connectivity index (χ3n) is 3.53. The maximum Gasteiger partial charge on any atom is 0.231 e. The number of carbonyl (C=O) groups excluding carboxylic acids is 1. The van der Waals surface area contributed by atoms with Gasteiger partial charge in [-0.3, -0.25) is 4.79 Å². The SMILES string of the molecule is CCc1ccc2c(c1)C(=O)/C(=C\c1cccc(OC)c1)O2. The molecule has 0 fully saturated rings. The lowest BCUT2D eigenvalue weighted by molar-refractivity contribution is 0.101. The summed E-state index contributed by atoms with van der Waals surface area (Å²) in [5.74, 6) is 1.67. The molecule has 1 aliphatic heterocycles. The number of carbonyl (C=O) groups is 1. The Kier molecular flexibility index (Phi) is 3.48. The first kappa shape index (κ1) is 13.4. The van der Waals surface area contributed by atoms with Gasteiger partial charge in [-0.2, -0.15) is 0 Å². The number of hydrogen-bond donors (Lipinski definition) is 0. The maximum atomic E-state index is 12.4. The number of ether oxygens (including phenoxy) is 2. The molecule has 0 radical (unpaired) electrons. The lowest BCUT2D eigenvalue weighted by Crippen LogP contribution is -1.98. The predicted molar refractivity (Wildman–Crippen MR) is 81.7 cm³/mol. The highest BCUT2D eigenvalue weighted by Crippen LogP contribution is 2.32. The van der Waals surface area contributed by atoms with Crippen LogP contribution in [0.25, 0.3) is 6.08 Å². The minimum atomic E-state index is -0.0666. The zero-order valence-corrected chi connectivity index (χ0v) is 12.1. The number of rotatable bonds is 3. The summed E-state index contributed by atoms with van der Waals surface area (Å²) in [7, 11) is 1.62. The lowest BCUT2D eigenvalue weighted by atomic mass is 10.0. The fourth-order valence-corrected chi connectivity index (χ4v) is 2.34. The molecule has 0 unspecified atom stereocenters. The molecule has 0 spiro atoms. The van der Waals surface area contributed by atoms with Crippen molar-refractivity contribution in [1.82, 2.24) is 0 Å². The Bertz CT molecular complexity index is 729. The molecule has 3 rings (SSSR count). The van der Waals surface area contributed by atoms with Gasteiger partial charge in [0.1, 0.15) is 11.5 Å². The van der Waals surface area contributed by atoms with Crippen molar-refractivity contribution >= 4 is 11.9 Å². The van der Waals surface area contributed by atoms with Gasteiger partial charge in [0.25, 0.3) is 0 Å². The molecule has 0 saturated carbocycles. The number of allylic oxidation sites excluding steroid dienone is 1. The van der Waals surface area contributed by atoms with E-state index in [4.69, 9.17) is 9.47 Å². The van der Waals surface area contributed by atoms with Crippen molar-refractivity contribution in [3.8, 4) is 11.5 Å². The van der Waals surface area contributed by atoms with Crippen LogP contribution in [0, 0.1) is 0 Å². The van der Waals surface area contributed by atoms with Crippen LogP contribution in [-0.2, 0) is 6.42 Å². The van der Waals surface area contributed by atoms with Crippen molar-refractivity contribution in [3.05, 3.63) is 64.9 Å². The largest absolute Gasteiger partial charge is 0.497 e. The van der Waals surface area contributed by atoms with Gasteiger partial charge in [-0.05, 0) is 47.9 Å². The van der Waals surface area contributed by atoms with Gasteiger partial charge in [0.05, 0.1) is 12.7 Å². The van der Waals surface area contributed by atoms with Gasteiger partial charge in [0, 0.05) is 0 Å². The number of aryl methyl sites for hydroxylation is 1. The summed E-state index contributed by atoms with van der Waals surface area (Å²) in [6.07, 6.45) is 2.64. The second-order valence-electron chi connectivity index (χ2n) is 4.90. The number of fused-ring (bicyclic) bond motifs is 1. The van der Waals surface area contributed by atoms with E-state index in [-0.39, 0.29) is 5.78 Å². The van der Waals surface area contributed by atoms with Crippen LogP contribution in [0.5, 0.6) is 11.5 Å². The van der Waals surface area contributed by atoms with Crippen molar-refractivity contribution < 1.29 is 14.3 Å². The second kappa shape index (κ2) is 5.44. The van der Waals surface area contributed by atoms with Crippen molar-refractivity contribution in [3.63, 3.8) is 0 Å². The van der Waals surface area contributed by atoms with Crippen LogP contribution in [0.2, 0.25) is 0 Å². The summed E-state index contributed by atoms with van der Waals surface area (Å²) in [6, 6.07) is 13.3. The smallest absolute Gasteiger partial charge is 0.231 e. The monoisotopic (exact) mass is 280 g/mol. The van der Waals surface area contributed by atoms with Crippen molar-refractivity contribution in [2.45, 2.75) is 13.3 Å². The predicted octanol–water partition coefficient (Wildman–Crippen LogP) is 3.87. The van der Waals surface area contributed by atoms with Crippen molar-refractivity contribution in [2.24, 2.45) is 0 Å². The minimum Gasteiger partial charge on any atom is -0.497 e. The third-order valence-corrected chi connectivity index (χ3v) is 3.53. The van der Waals surface area contributed by atoms with Crippen LogP contribution in [0.15, 0.2) is 48.2 Å². The van der Waals surface area contributed by atoms with Crippen LogP contribution >= 0.6 is 0 Å². The first-order valence-electron chi connectivity index (χ1n) is 6.92. The molecule has 2 aromatic carbocycles. The molecular weight excluding hydrogens is 264 g/mol. The molecule has 0 atom stereocenters. The van der Waals surface area contributed by atoms with Crippen LogP contribution in [0.1, 0.15) is 28.4 Å². The molecule has 3 heteroatoms. The average molecular weight is 280 g/mol. The molecule has 21 heavy (non-hydrogen) atoms. The van der Waals surface area contributed by atoms with E-state index in [1.54, 1.807) is 13.2 Å². The fourth-order valence-electron chi connectivity index (χ4n) is 2.34.